The Hall–Kier alpha value is -2.60. The SMILES string of the molecule is Cc1cc(C)cc(/C=C(/c2ccccc2)c2cc(C)cc(C)c2)c1. The van der Waals surface area contributed by atoms with Crippen LogP contribution in [0.4, 0.5) is 0 Å². The molecular weight excluding hydrogens is 288 g/mol. The van der Waals surface area contributed by atoms with E-state index >= 15 is 0 Å². The van der Waals surface area contributed by atoms with E-state index in [1.54, 1.807) is 0 Å². The molecule has 0 aliphatic rings. The molecule has 0 heterocycles. The number of benzene rings is 3. The van der Waals surface area contributed by atoms with Crippen LogP contribution in [0.1, 0.15) is 38.9 Å². The average molecular weight is 312 g/mol. The molecule has 3 aromatic rings. The van der Waals surface area contributed by atoms with Gasteiger partial charge in [-0.15, -0.1) is 0 Å². The summed E-state index contributed by atoms with van der Waals surface area (Å²) in [5.41, 5.74) is 10.3. The van der Waals surface area contributed by atoms with Gasteiger partial charge in [0, 0.05) is 0 Å². The summed E-state index contributed by atoms with van der Waals surface area (Å²) in [6, 6.07) is 24.1. The van der Waals surface area contributed by atoms with Crippen LogP contribution in [0, 0.1) is 27.7 Å². The molecule has 0 heteroatoms. The normalized spacial score (nSPS) is 11.6. The predicted molar refractivity (Wildman–Crippen MR) is 105 cm³/mol. The van der Waals surface area contributed by atoms with Crippen molar-refractivity contribution in [3.63, 3.8) is 0 Å². The number of aryl methyl sites for hydroxylation is 4. The van der Waals surface area contributed by atoms with Crippen molar-refractivity contribution in [3.05, 3.63) is 106 Å². The van der Waals surface area contributed by atoms with Gasteiger partial charge in [0.15, 0.2) is 0 Å². The second-order valence-corrected chi connectivity index (χ2v) is 6.72. The summed E-state index contributed by atoms with van der Waals surface area (Å²) in [7, 11) is 0. The number of rotatable bonds is 3. The van der Waals surface area contributed by atoms with E-state index in [1.165, 1.54) is 44.5 Å². The zero-order valence-corrected chi connectivity index (χ0v) is 14.9. The van der Waals surface area contributed by atoms with Crippen LogP contribution in [-0.4, -0.2) is 0 Å². The molecule has 0 aromatic heterocycles. The minimum Gasteiger partial charge on any atom is -0.0622 e. The quantitative estimate of drug-likeness (QED) is 0.484. The summed E-state index contributed by atoms with van der Waals surface area (Å²) in [4.78, 5) is 0. The highest BCUT2D eigenvalue weighted by Gasteiger charge is 2.07. The molecular formula is C24H24. The number of hydrogen-bond acceptors (Lipinski definition) is 0. The Morgan fingerprint density at radius 2 is 1.08 bits per heavy atom. The van der Waals surface area contributed by atoms with Crippen molar-refractivity contribution >= 4 is 11.6 Å². The van der Waals surface area contributed by atoms with Crippen LogP contribution in [0.15, 0.2) is 66.7 Å². The van der Waals surface area contributed by atoms with Gasteiger partial charge in [0.1, 0.15) is 0 Å². The summed E-state index contributed by atoms with van der Waals surface area (Å²) in [6.07, 6.45) is 2.31. The molecule has 0 nitrogen and oxygen atoms in total. The Morgan fingerprint density at radius 3 is 1.62 bits per heavy atom. The van der Waals surface area contributed by atoms with E-state index in [2.05, 4.69) is 101 Å². The van der Waals surface area contributed by atoms with Crippen molar-refractivity contribution in [2.75, 3.05) is 0 Å². The van der Waals surface area contributed by atoms with E-state index in [0.717, 1.165) is 0 Å². The highest BCUT2D eigenvalue weighted by Crippen LogP contribution is 2.28. The fourth-order valence-corrected chi connectivity index (χ4v) is 3.34. The van der Waals surface area contributed by atoms with Gasteiger partial charge < -0.3 is 0 Å². The summed E-state index contributed by atoms with van der Waals surface area (Å²) in [5.74, 6) is 0. The minimum atomic E-state index is 1.25. The molecule has 120 valence electrons. The molecule has 0 atom stereocenters. The molecule has 24 heavy (non-hydrogen) atoms. The van der Waals surface area contributed by atoms with Crippen LogP contribution < -0.4 is 0 Å². The van der Waals surface area contributed by atoms with Gasteiger partial charge in [-0.1, -0.05) is 89.0 Å². The molecule has 0 radical (unpaired) electrons. The lowest BCUT2D eigenvalue weighted by atomic mass is 9.93. The molecule has 0 saturated carbocycles. The largest absolute Gasteiger partial charge is 0.0622 e. The molecule has 0 aliphatic heterocycles. The van der Waals surface area contributed by atoms with Crippen molar-refractivity contribution in [2.24, 2.45) is 0 Å². The Bertz CT molecular complexity index is 843. The maximum absolute atomic E-state index is 2.31. The first-order valence-corrected chi connectivity index (χ1v) is 8.45. The third-order valence-electron chi connectivity index (χ3n) is 4.17. The molecule has 3 rings (SSSR count). The Labute approximate surface area is 145 Å². The van der Waals surface area contributed by atoms with Crippen LogP contribution in [0.3, 0.4) is 0 Å². The van der Waals surface area contributed by atoms with Crippen LogP contribution in [0.5, 0.6) is 0 Å². The number of hydrogen-bond donors (Lipinski definition) is 0. The summed E-state index contributed by atoms with van der Waals surface area (Å²) >= 11 is 0. The fraction of sp³-hybridized carbons (Fsp3) is 0.167. The fourth-order valence-electron chi connectivity index (χ4n) is 3.34. The van der Waals surface area contributed by atoms with Crippen molar-refractivity contribution in [1.29, 1.82) is 0 Å². The van der Waals surface area contributed by atoms with Crippen molar-refractivity contribution in [2.45, 2.75) is 27.7 Å². The molecule has 0 bridgehead atoms. The highest BCUT2D eigenvalue weighted by molar-refractivity contribution is 5.91. The highest BCUT2D eigenvalue weighted by atomic mass is 14.1. The average Bonchev–Trinajstić information content (AvgIpc) is 2.51. The van der Waals surface area contributed by atoms with Crippen LogP contribution >= 0.6 is 0 Å². The van der Waals surface area contributed by atoms with Gasteiger partial charge in [-0.2, -0.15) is 0 Å². The third-order valence-corrected chi connectivity index (χ3v) is 4.17. The minimum absolute atomic E-state index is 1.25. The topological polar surface area (TPSA) is 0 Å². The Morgan fingerprint density at radius 1 is 0.583 bits per heavy atom. The van der Waals surface area contributed by atoms with Crippen molar-refractivity contribution < 1.29 is 0 Å². The monoisotopic (exact) mass is 312 g/mol. The Balaban J connectivity index is 2.20. The maximum Gasteiger partial charge on any atom is -0.0105 e. The molecule has 0 unspecified atom stereocenters. The molecule has 0 fully saturated rings. The van der Waals surface area contributed by atoms with E-state index < -0.39 is 0 Å². The first-order valence-electron chi connectivity index (χ1n) is 8.45. The van der Waals surface area contributed by atoms with E-state index in [9.17, 15) is 0 Å². The van der Waals surface area contributed by atoms with Gasteiger partial charge in [0.05, 0.1) is 0 Å². The summed E-state index contributed by atoms with van der Waals surface area (Å²) in [5, 5.41) is 0. The van der Waals surface area contributed by atoms with Gasteiger partial charge in [-0.25, -0.2) is 0 Å². The van der Waals surface area contributed by atoms with Crippen LogP contribution in [-0.2, 0) is 0 Å². The molecule has 0 aliphatic carbocycles. The lowest BCUT2D eigenvalue weighted by molar-refractivity contribution is 1.36. The smallest absolute Gasteiger partial charge is 0.0105 e. The summed E-state index contributed by atoms with van der Waals surface area (Å²) in [6.45, 7) is 8.64. The Kier molecular flexibility index (Phi) is 4.66. The van der Waals surface area contributed by atoms with Gasteiger partial charge in [-0.3, -0.25) is 0 Å². The van der Waals surface area contributed by atoms with Gasteiger partial charge in [0.2, 0.25) is 0 Å². The molecule has 3 aromatic carbocycles. The zero-order chi connectivity index (χ0) is 17.1. The first kappa shape index (κ1) is 16.3. The zero-order valence-electron chi connectivity index (χ0n) is 14.9. The van der Waals surface area contributed by atoms with Crippen LogP contribution in [0.2, 0.25) is 0 Å². The molecule has 0 saturated heterocycles. The molecule has 0 N–H and O–H groups in total. The lowest BCUT2D eigenvalue weighted by Crippen LogP contribution is -1.91. The predicted octanol–water partition coefficient (Wildman–Crippen LogP) is 6.51. The van der Waals surface area contributed by atoms with Gasteiger partial charge in [0.25, 0.3) is 0 Å². The molecule has 0 spiro atoms. The third kappa shape index (κ3) is 3.83. The van der Waals surface area contributed by atoms with E-state index in [4.69, 9.17) is 0 Å². The lowest BCUT2D eigenvalue weighted by Gasteiger charge is -2.12. The van der Waals surface area contributed by atoms with Crippen molar-refractivity contribution in [1.82, 2.24) is 0 Å². The van der Waals surface area contributed by atoms with E-state index in [0.29, 0.717) is 0 Å². The second-order valence-electron chi connectivity index (χ2n) is 6.72. The molecule has 0 amide bonds. The van der Waals surface area contributed by atoms with E-state index in [-0.39, 0.29) is 0 Å². The van der Waals surface area contributed by atoms with Gasteiger partial charge in [-0.05, 0) is 56.0 Å². The van der Waals surface area contributed by atoms with E-state index in [1.807, 2.05) is 0 Å². The summed E-state index contributed by atoms with van der Waals surface area (Å²) < 4.78 is 0. The van der Waals surface area contributed by atoms with Crippen LogP contribution in [0.25, 0.3) is 11.6 Å². The van der Waals surface area contributed by atoms with Crippen molar-refractivity contribution in [3.8, 4) is 0 Å². The standard InChI is InChI=1S/C24H24/c1-17-10-18(2)13-21(12-17)16-24(22-8-6-5-7-9-22)23-14-19(3)11-20(4)15-23/h5-16H,1-4H3/b24-16-. The van der Waals surface area contributed by atoms with Gasteiger partial charge >= 0.3 is 0 Å². The maximum atomic E-state index is 2.31. The first-order chi connectivity index (χ1) is 11.5. The second kappa shape index (κ2) is 6.88.